The Kier molecular flexibility index (Phi) is 4.95. The Labute approximate surface area is 125 Å². The molecule has 7 heteroatoms. The molecule has 2 heterocycles. The molecule has 1 saturated heterocycles. The van der Waals surface area contributed by atoms with Crippen LogP contribution < -0.4 is 5.32 Å². The fourth-order valence-corrected chi connectivity index (χ4v) is 3.48. The summed E-state index contributed by atoms with van der Waals surface area (Å²) in [6.45, 7) is 4.39. The van der Waals surface area contributed by atoms with Gasteiger partial charge in [-0.1, -0.05) is 6.07 Å². The summed E-state index contributed by atoms with van der Waals surface area (Å²) in [5.74, 6) is 0.405. The van der Waals surface area contributed by atoms with Gasteiger partial charge < -0.3 is 5.32 Å². The second kappa shape index (κ2) is 6.53. The fourth-order valence-electron chi connectivity index (χ4n) is 2.35. The highest BCUT2D eigenvalue weighted by Crippen LogP contribution is 2.21. The topological polar surface area (TPSA) is 79.4 Å². The van der Waals surface area contributed by atoms with E-state index in [1.807, 2.05) is 13.0 Å². The van der Waals surface area contributed by atoms with E-state index in [0.717, 1.165) is 5.56 Å². The fraction of sp³-hybridized carbons (Fsp3) is 0.571. The van der Waals surface area contributed by atoms with Crippen LogP contribution in [0.3, 0.4) is 0 Å². The van der Waals surface area contributed by atoms with E-state index < -0.39 is 10.0 Å². The van der Waals surface area contributed by atoms with Crippen molar-refractivity contribution in [3.05, 3.63) is 23.9 Å². The molecule has 2 rings (SSSR count). The minimum atomic E-state index is -3.14. The highest BCUT2D eigenvalue weighted by atomic mass is 32.2. The second-order valence-electron chi connectivity index (χ2n) is 5.28. The molecule has 1 amide bonds. The minimum absolute atomic E-state index is 0.0834. The number of nitrogens with one attached hydrogen (secondary N) is 1. The van der Waals surface area contributed by atoms with Crippen molar-refractivity contribution in [3.8, 4) is 0 Å². The lowest BCUT2D eigenvalue weighted by atomic mass is 9.97. The molecule has 0 radical (unpaired) electrons. The number of aryl methyl sites for hydroxylation is 1. The maximum absolute atomic E-state index is 12.2. The first kappa shape index (κ1) is 15.9. The predicted octanol–water partition coefficient (Wildman–Crippen LogP) is 1.39. The Hall–Kier alpha value is -1.47. The molecule has 1 aliphatic rings. The summed E-state index contributed by atoms with van der Waals surface area (Å²) in [4.78, 5) is 16.3. The zero-order chi connectivity index (χ0) is 15.5. The Bertz CT molecular complexity index is 590. The number of hydrogen-bond acceptors (Lipinski definition) is 4. The summed E-state index contributed by atoms with van der Waals surface area (Å²) in [6.07, 6.45) is 2.81. The number of piperidine rings is 1. The number of anilines is 1. The van der Waals surface area contributed by atoms with Gasteiger partial charge >= 0.3 is 0 Å². The second-order valence-corrected chi connectivity index (χ2v) is 7.54. The molecule has 0 saturated carbocycles. The number of rotatable bonds is 4. The maximum atomic E-state index is 12.2. The van der Waals surface area contributed by atoms with Crippen LogP contribution in [0.1, 0.15) is 25.3 Å². The van der Waals surface area contributed by atoms with E-state index >= 15 is 0 Å². The van der Waals surface area contributed by atoms with E-state index in [4.69, 9.17) is 0 Å². The zero-order valence-electron chi connectivity index (χ0n) is 12.4. The average Bonchev–Trinajstić information content (AvgIpc) is 2.49. The summed E-state index contributed by atoms with van der Waals surface area (Å²) < 4.78 is 25.0. The van der Waals surface area contributed by atoms with E-state index in [-0.39, 0.29) is 17.6 Å². The summed E-state index contributed by atoms with van der Waals surface area (Å²) in [7, 11) is -3.14. The highest BCUT2D eigenvalue weighted by Gasteiger charge is 2.30. The molecule has 1 N–H and O–H groups in total. The van der Waals surface area contributed by atoms with Crippen LogP contribution in [-0.4, -0.2) is 42.5 Å². The number of carbonyl (C=O) groups is 1. The zero-order valence-corrected chi connectivity index (χ0v) is 13.2. The quantitative estimate of drug-likeness (QED) is 0.911. The van der Waals surface area contributed by atoms with Gasteiger partial charge in [0, 0.05) is 25.2 Å². The number of sulfonamides is 1. The van der Waals surface area contributed by atoms with Crippen LogP contribution in [0, 0.1) is 12.8 Å². The standard InChI is InChI=1S/C14H21N3O3S/c1-3-21(19,20)17-8-6-12(7-9-17)14(18)16-13-5-4-11(2)10-15-13/h4-5,10,12H,3,6-9H2,1-2H3,(H,15,16,18). The lowest BCUT2D eigenvalue weighted by Crippen LogP contribution is -2.42. The lowest BCUT2D eigenvalue weighted by Gasteiger charge is -2.30. The lowest BCUT2D eigenvalue weighted by molar-refractivity contribution is -0.120. The molecule has 0 atom stereocenters. The van der Waals surface area contributed by atoms with Crippen LogP contribution in [0.4, 0.5) is 5.82 Å². The molecule has 0 unspecified atom stereocenters. The number of carbonyl (C=O) groups excluding carboxylic acids is 1. The minimum Gasteiger partial charge on any atom is -0.310 e. The maximum Gasteiger partial charge on any atom is 0.228 e. The number of nitrogens with zero attached hydrogens (tertiary/aromatic N) is 2. The van der Waals surface area contributed by atoms with Crippen LogP contribution in [0.15, 0.2) is 18.3 Å². The smallest absolute Gasteiger partial charge is 0.228 e. The monoisotopic (exact) mass is 311 g/mol. The van der Waals surface area contributed by atoms with Gasteiger partial charge in [0.15, 0.2) is 0 Å². The van der Waals surface area contributed by atoms with Crippen LogP contribution in [0.5, 0.6) is 0 Å². The predicted molar refractivity (Wildman–Crippen MR) is 81.4 cm³/mol. The molecule has 0 spiro atoms. The Balaban J connectivity index is 1.90. The molecule has 1 aromatic rings. The molecule has 6 nitrogen and oxygen atoms in total. The third-order valence-corrected chi connectivity index (χ3v) is 5.63. The Morgan fingerprint density at radius 3 is 2.57 bits per heavy atom. The van der Waals surface area contributed by atoms with Gasteiger partial charge in [0.1, 0.15) is 5.82 Å². The molecule has 1 fully saturated rings. The van der Waals surface area contributed by atoms with E-state index in [9.17, 15) is 13.2 Å². The first-order valence-corrected chi connectivity index (χ1v) is 8.74. The first-order chi connectivity index (χ1) is 9.92. The molecular formula is C14H21N3O3S. The molecule has 1 aromatic heterocycles. The highest BCUT2D eigenvalue weighted by molar-refractivity contribution is 7.89. The van der Waals surface area contributed by atoms with Gasteiger partial charge in [-0.2, -0.15) is 0 Å². The summed E-state index contributed by atoms with van der Waals surface area (Å²) in [5, 5.41) is 2.79. The van der Waals surface area contributed by atoms with Crippen LogP contribution >= 0.6 is 0 Å². The average molecular weight is 311 g/mol. The Morgan fingerprint density at radius 1 is 1.38 bits per heavy atom. The summed E-state index contributed by atoms with van der Waals surface area (Å²) in [6, 6.07) is 3.66. The Morgan fingerprint density at radius 2 is 2.05 bits per heavy atom. The van der Waals surface area contributed by atoms with Crippen molar-refractivity contribution in [1.82, 2.24) is 9.29 Å². The van der Waals surface area contributed by atoms with Crippen LogP contribution in [-0.2, 0) is 14.8 Å². The summed E-state index contributed by atoms with van der Waals surface area (Å²) in [5.41, 5.74) is 1.03. The molecule has 116 valence electrons. The van der Waals surface area contributed by atoms with Gasteiger partial charge in [0.2, 0.25) is 15.9 Å². The molecule has 21 heavy (non-hydrogen) atoms. The normalized spacial score (nSPS) is 17.6. The van der Waals surface area contributed by atoms with Crippen molar-refractivity contribution in [2.45, 2.75) is 26.7 Å². The van der Waals surface area contributed by atoms with Gasteiger partial charge in [-0.25, -0.2) is 17.7 Å². The molecule has 0 aromatic carbocycles. The number of amides is 1. The van der Waals surface area contributed by atoms with Crippen molar-refractivity contribution in [2.24, 2.45) is 5.92 Å². The van der Waals surface area contributed by atoms with Crippen molar-refractivity contribution >= 4 is 21.7 Å². The van der Waals surface area contributed by atoms with Crippen LogP contribution in [0.2, 0.25) is 0 Å². The van der Waals surface area contributed by atoms with Crippen molar-refractivity contribution < 1.29 is 13.2 Å². The van der Waals surface area contributed by atoms with Crippen LogP contribution in [0.25, 0.3) is 0 Å². The van der Waals surface area contributed by atoms with Gasteiger partial charge in [0.05, 0.1) is 5.75 Å². The first-order valence-electron chi connectivity index (χ1n) is 7.13. The SMILES string of the molecule is CCS(=O)(=O)N1CCC(C(=O)Nc2ccc(C)cn2)CC1. The van der Waals surface area contributed by atoms with Crippen molar-refractivity contribution in [3.63, 3.8) is 0 Å². The van der Waals surface area contributed by atoms with Gasteiger partial charge in [-0.05, 0) is 38.3 Å². The molecule has 0 aliphatic carbocycles. The van der Waals surface area contributed by atoms with E-state index in [1.54, 1.807) is 19.2 Å². The molecule has 0 bridgehead atoms. The van der Waals surface area contributed by atoms with Crippen molar-refractivity contribution in [1.29, 1.82) is 0 Å². The van der Waals surface area contributed by atoms with Gasteiger partial charge in [-0.3, -0.25) is 4.79 Å². The van der Waals surface area contributed by atoms with E-state index in [2.05, 4.69) is 10.3 Å². The van der Waals surface area contributed by atoms with Gasteiger partial charge in [-0.15, -0.1) is 0 Å². The third-order valence-electron chi connectivity index (χ3n) is 3.75. The summed E-state index contributed by atoms with van der Waals surface area (Å²) >= 11 is 0. The number of hydrogen-bond donors (Lipinski definition) is 1. The van der Waals surface area contributed by atoms with E-state index in [1.165, 1.54) is 4.31 Å². The molecular weight excluding hydrogens is 290 g/mol. The number of aromatic nitrogens is 1. The van der Waals surface area contributed by atoms with Crippen molar-refractivity contribution in [2.75, 3.05) is 24.2 Å². The van der Waals surface area contributed by atoms with Gasteiger partial charge in [0.25, 0.3) is 0 Å². The third kappa shape index (κ3) is 4.01. The van der Waals surface area contributed by atoms with E-state index in [0.29, 0.717) is 31.7 Å². The molecule has 1 aliphatic heterocycles. The largest absolute Gasteiger partial charge is 0.310 e. The number of pyridine rings is 1.